The van der Waals surface area contributed by atoms with Crippen LogP contribution in [0.25, 0.3) is 21.5 Å². The molecule has 0 atom stereocenters. The number of halogens is 1. The average Bonchev–Trinajstić information content (AvgIpc) is 2.53. The second kappa shape index (κ2) is 5.11. The molecule has 0 fully saturated rings. The Morgan fingerprint density at radius 1 is 0.952 bits per heavy atom. The Kier molecular flexibility index (Phi) is 3.24. The van der Waals surface area contributed by atoms with E-state index in [0.717, 1.165) is 20.8 Å². The van der Waals surface area contributed by atoms with Crippen molar-refractivity contribution < 1.29 is 5.11 Å². The standard InChI is InChI=1S/C19H16BrO/c20-15-9-13-6-7-17-16-4-2-1-3-12(16)5-8-18(17)19(13)14(10-15)11-21/h5-10H,1-4,11H2. The molecule has 1 nitrogen and oxygen atoms in total. The maximum atomic E-state index is 11.6. The molecular weight excluding hydrogens is 324 g/mol. The van der Waals surface area contributed by atoms with Crippen LogP contribution in [0.3, 0.4) is 0 Å². The zero-order valence-electron chi connectivity index (χ0n) is 11.8. The fraction of sp³-hybridized carbons (Fsp3) is 0.263. The van der Waals surface area contributed by atoms with Crippen LogP contribution in [-0.4, -0.2) is 0 Å². The summed E-state index contributed by atoms with van der Waals surface area (Å²) >= 11 is 3.51. The molecule has 0 unspecified atom stereocenters. The van der Waals surface area contributed by atoms with Crippen molar-refractivity contribution in [1.29, 1.82) is 0 Å². The van der Waals surface area contributed by atoms with Crippen molar-refractivity contribution in [2.75, 3.05) is 0 Å². The highest BCUT2D eigenvalue weighted by molar-refractivity contribution is 9.10. The number of fused-ring (bicyclic) bond motifs is 5. The Morgan fingerprint density at radius 2 is 1.76 bits per heavy atom. The van der Waals surface area contributed by atoms with Gasteiger partial charge in [-0.15, -0.1) is 0 Å². The topological polar surface area (TPSA) is 19.9 Å². The van der Waals surface area contributed by atoms with Crippen LogP contribution in [0.5, 0.6) is 0 Å². The Morgan fingerprint density at radius 3 is 2.62 bits per heavy atom. The van der Waals surface area contributed by atoms with Gasteiger partial charge in [0, 0.05) is 4.47 Å². The predicted octanol–water partition coefficient (Wildman–Crippen LogP) is 5.56. The molecular formula is C19H16BrO. The predicted molar refractivity (Wildman–Crippen MR) is 90.2 cm³/mol. The van der Waals surface area contributed by atoms with Crippen molar-refractivity contribution in [3.63, 3.8) is 0 Å². The molecule has 4 rings (SSSR count). The minimum Gasteiger partial charge on any atom is -0.232 e. The van der Waals surface area contributed by atoms with Crippen LogP contribution >= 0.6 is 15.9 Å². The quantitative estimate of drug-likeness (QED) is 0.517. The Balaban J connectivity index is 2.14. The van der Waals surface area contributed by atoms with Crippen molar-refractivity contribution in [2.45, 2.75) is 32.3 Å². The van der Waals surface area contributed by atoms with Crippen LogP contribution in [0, 0.1) is 0 Å². The molecule has 2 heteroatoms. The first kappa shape index (κ1) is 13.3. The normalized spacial score (nSPS) is 14.6. The van der Waals surface area contributed by atoms with Crippen molar-refractivity contribution in [1.82, 2.24) is 0 Å². The highest BCUT2D eigenvalue weighted by Crippen LogP contribution is 2.36. The Hall–Kier alpha value is -1.38. The molecule has 0 spiro atoms. The van der Waals surface area contributed by atoms with E-state index in [1.807, 2.05) is 6.07 Å². The highest BCUT2D eigenvalue weighted by atomic mass is 79.9. The molecule has 3 aromatic carbocycles. The summed E-state index contributed by atoms with van der Waals surface area (Å²) in [7, 11) is 0. The molecule has 21 heavy (non-hydrogen) atoms. The van der Waals surface area contributed by atoms with Crippen LogP contribution in [0.15, 0.2) is 40.9 Å². The molecule has 1 aliphatic rings. The first-order valence-electron chi connectivity index (χ1n) is 7.51. The van der Waals surface area contributed by atoms with Gasteiger partial charge in [-0.25, -0.2) is 5.11 Å². The summed E-state index contributed by atoms with van der Waals surface area (Å²) in [4.78, 5) is 0. The highest BCUT2D eigenvalue weighted by Gasteiger charge is 2.15. The molecule has 0 saturated heterocycles. The third-order valence-electron chi connectivity index (χ3n) is 4.65. The van der Waals surface area contributed by atoms with E-state index in [1.165, 1.54) is 47.6 Å². The summed E-state index contributed by atoms with van der Waals surface area (Å²) in [5.41, 5.74) is 3.88. The summed E-state index contributed by atoms with van der Waals surface area (Å²) in [5.74, 6) is 0. The summed E-state index contributed by atoms with van der Waals surface area (Å²) in [6.45, 7) is -0.174. The van der Waals surface area contributed by atoms with Crippen molar-refractivity contribution >= 4 is 37.5 Å². The number of rotatable bonds is 1. The van der Waals surface area contributed by atoms with Gasteiger partial charge in [-0.1, -0.05) is 40.2 Å². The van der Waals surface area contributed by atoms with Gasteiger partial charge in [-0.05, 0) is 76.1 Å². The third kappa shape index (κ3) is 2.09. The molecule has 1 aliphatic carbocycles. The maximum Gasteiger partial charge on any atom is 0.108 e. The van der Waals surface area contributed by atoms with Gasteiger partial charge in [0.1, 0.15) is 6.61 Å². The van der Waals surface area contributed by atoms with Crippen LogP contribution in [0.1, 0.15) is 29.5 Å². The molecule has 1 radical (unpaired) electrons. The second-order valence-electron chi connectivity index (χ2n) is 5.88. The van der Waals surface area contributed by atoms with Crippen molar-refractivity contribution in [2.24, 2.45) is 0 Å². The minimum atomic E-state index is -0.174. The minimum absolute atomic E-state index is 0.174. The van der Waals surface area contributed by atoms with Crippen LogP contribution in [0.2, 0.25) is 0 Å². The first-order valence-corrected chi connectivity index (χ1v) is 8.31. The molecule has 3 aromatic rings. The van der Waals surface area contributed by atoms with Crippen molar-refractivity contribution in [3.8, 4) is 0 Å². The number of benzene rings is 3. The molecule has 0 heterocycles. The molecule has 0 amide bonds. The van der Waals surface area contributed by atoms with E-state index < -0.39 is 0 Å². The van der Waals surface area contributed by atoms with Gasteiger partial charge in [0.05, 0.1) is 0 Å². The zero-order chi connectivity index (χ0) is 14.4. The Labute approximate surface area is 132 Å². The van der Waals surface area contributed by atoms with Gasteiger partial charge in [0.15, 0.2) is 0 Å². The lowest BCUT2D eigenvalue weighted by Crippen LogP contribution is -2.03. The lowest BCUT2D eigenvalue weighted by Gasteiger charge is -2.19. The maximum absolute atomic E-state index is 11.6. The monoisotopic (exact) mass is 339 g/mol. The smallest absolute Gasteiger partial charge is 0.108 e. The van der Waals surface area contributed by atoms with Gasteiger partial charge >= 0.3 is 0 Å². The molecule has 0 N–H and O–H groups in total. The molecule has 0 aromatic heterocycles. The average molecular weight is 340 g/mol. The van der Waals surface area contributed by atoms with Gasteiger partial charge in [0.2, 0.25) is 0 Å². The van der Waals surface area contributed by atoms with Gasteiger partial charge in [-0.3, -0.25) is 0 Å². The molecule has 0 bridgehead atoms. The van der Waals surface area contributed by atoms with E-state index in [0.29, 0.717) is 0 Å². The second-order valence-corrected chi connectivity index (χ2v) is 6.79. The van der Waals surface area contributed by atoms with Crippen molar-refractivity contribution in [3.05, 3.63) is 57.6 Å². The summed E-state index contributed by atoms with van der Waals surface area (Å²) in [6.07, 6.45) is 4.93. The third-order valence-corrected chi connectivity index (χ3v) is 5.10. The number of aryl methyl sites for hydroxylation is 2. The van der Waals surface area contributed by atoms with Crippen LogP contribution in [0.4, 0.5) is 0 Å². The number of hydrogen-bond acceptors (Lipinski definition) is 0. The van der Waals surface area contributed by atoms with E-state index in [2.05, 4.69) is 46.3 Å². The molecule has 105 valence electrons. The van der Waals surface area contributed by atoms with E-state index in [4.69, 9.17) is 0 Å². The van der Waals surface area contributed by atoms with Crippen LogP contribution in [-0.2, 0) is 24.6 Å². The van der Waals surface area contributed by atoms with Crippen LogP contribution < -0.4 is 0 Å². The Bertz CT molecular complexity index is 851. The molecule has 0 aliphatic heterocycles. The largest absolute Gasteiger partial charge is 0.232 e. The fourth-order valence-electron chi connectivity index (χ4n) is 3.70. The fourth-order valence-corrected chi connectivity index (χ4v) is 4.22. The van der Waals surface area contributed by atoms with E-state index in [1.54, 1.807) is 0 Å². The summed E-state index contributed by atoms with van der Waals surface area (Å²) in [6, 6.07) is 13.0. The number of hydrogen-bond donors (Lipinski definition) is 0. The SMILES string of the molecule is [O]Cc1cc(Br)cc2ccc3c4c(ccc3c12)CCCC4. The lowest BCUT2D eigenvalue weighted by molar-refractivity contribution is 0.179. The van der Waals surface area contributed by atoms with Gasteiger partial charge in [0.25, 0.3) is 0 Å². The van der Waals surface area contributed by atoms with Gasteiger partial charge < -0.3 is 0 Å². The summed E-state index contributed by atoms with van der Waals surface area (Å²) in [5, 5.41) is 16.5. The first-order chi connectivity index (χ1) is 10.3. The molecule has 0 saturated carbocycles. The van der Waals surface area contributed by atoms with Gasteiger partial charge in [-0.2, -0.15) is 0 Å². The summed E-state index contributed by atoms with van der Waals surface area (Å²) < 4.78 is 0.984. The lowest BCUT2D eigenvalue weighted by atomic mass is 9.86. The van der Waals surface area contributed by atoms with E-state index in [-0.39, 0.29) is 6.61 Å². The van der Waals surface area contributed by atoms with E-state index in [9.17, 15) is 5.11 Å². The van der Waals surface area contributed by atoms with E-state index >= 15 is 0 Å². The zero-order valence-corrected chi connectivity index (χ0v) is 13.4.